The fourth-order valence-corrected chi connectivity index (χ4v) is 2.30. The Hall–Kier alpha value is -2.99. The van der Waals surface area contributed by atoms with Crippen LogP contribution < -0.4 is 5.73 Å². The normalized spacial score (nSPS) is 11.2. The minimum atomic E-state index is -0.297. The van der Waals surface area contributed by atoms with Crippen molar-refractivity contribution < 1.29 is 10.2 Å². The number of rotatable bonds is 3. The monoisotopic (exact) mass is 328 g/mol. The summed E-state index contributed by atoms with van der Waals surface area (Å²) in [4.78, 5) is 0. The molecule has 3 aromatic rings. The van der Waals surface area contributed by atoms with Gasteiger partial charge in [-0.3, -0.25) is 0 Å². The van der Waals surface area contributed by atoms with Crippen LogP contribution in [0.4, 0.5) is 17.1 Å². The van der Waals surface area contributed by atoms with E-state index < -0.39 is 0 Å². The standard InChI is InChI=1S/C16H13ClN4O2/c17-10-5-4-6-11(9-10)19-20-14-13(18)15(22)21(16(14)23)12-7-2-1-3-8-12/h1-9,22-23H,18H2. The highest BCUT2D eigenvalue weighted by Crippen LogP contribution is 2.45. The summed E-state index contributed by atoms with van der Waals surface area (Å²) in [6.45, 7) is 0. The number of aromatic nitrogens is 1. The molecule has 0 bridgehead atoms. The van der Waals surface area contributed by atoms with E-state index in [4.69, 9.17) is 17.3 Å². The Morgan fingerprint density at radius 3 is 2.35 bits per heavy atom. The quantitative estimate of drug-likeness (QED) is 0.616. The first kappa shape index (κ1) is 14.9. The molecule has 1 heterocycles. The molecular weight excluding hydrogens is 316 g/mol. The van der Waals surface area contributed by atoms with Gasteiger partial charge in [-0.05, 0) is 30.3 Å². The molecule has 0 radical (unpaired) electrons. The van der Waals surface area contributed by atoms with Gasteiger partial charge in [-0.2, -0.15) is 5.11 Å². The summed E-state index contributed by atoms with van der Waals surface area (Å²) >= 11 is 5.88. The summed E-state index contributed by atoms with van der Waals surface area (Å²) < 4.78 is 1.20. The predicted molar refractivity (Wildman–Crippen MR) is 89.1 cm³/mol. The van der Waals surface area contributed by atoms with Crippen LogP contribution in [0.1, 0.15) is 0 Å². The van der Waals surface area contributed by atoms with Crippen molar-refractivity contribution in [2.24, 2.45) is 10.2 Å². The number of benzene rings is 2. The Bertz CT molecular complexity index is 875. The molecule has 0 aliphatic rings. The number of halogens is 1. The maximum absolute atomic E-state index is 10.3. The van der Waals surface area contributed by atoms with Crippen molar-refractivity contribution in [2.45, 2.75) is 0 Å². The number of azo groups is 1. The van der Waals surface area contributed by atoms with Crippen LogP contribution in [-0.2, 0) is 0 Å². The van der Waals surface area contributed by atoms with Crippen molar-refractivity contribution in [1.29, 1.82) is 0 Å². The molecule has 0 amide bonds. The predicted octanol–water partition coefficient (Wildman–Crippen LogP) is 4.54. The second-order valence-electron chi connectivity index (χ2n) is 4.76. The lowest BCUT2D eigenvalue weighted by atomic mass is 10.3. The summed E-state index contributed by atoms with van der Waals surface area (Å²) in [6.07, 6.45) is 0. The van der Waals surface area contributed by atoms with Crippen molar-refractivity contribution in [3.63, 3.8) is 0 Å². The highest BCUT2D eigenvalue weighted by atomic mass is 35.5. The number of hydrogen-bond acceptors (Lipinski definition) is 5. The lowest BCUT2D eigenvalue weighted by Crippen LogP contribution is -1.92. The smallest absolute Gasteiger partial charge is 0.229 e. The first-order chi connectivity index (χ1) is 11.1. The van der Waals surface area contributed by atoms with Crippen molar-refractivity contribution in [3.8, 4) is 17.4 Å². The summed E-state index contributed by atoms with van der Waals surface area (Å²) in [5.41, 5.74) is 6.82. The highest BCUT2D eigenvalue weighted by Gasteiger charge is 2.21. The van der Waals surface area contributed by atoms with Gasteiger partial charge in [-0.25, -0.2) is 4.57 Å². The molecule has 0 aliphatic heterocycles. The van der Waals surface area contributed by atoms with Gasteiger partial charge in [-0.15, -0.1) is 5.11 Å². The largest absolute Gasteiger partial charge is 0.493 e. The number of nitrogen functional groups attached to an aromatic ring is 1. The van der Waals surface area contributed by atoms with Crippen LogP contribution in [0.15, 0.2) is 64.8 Å². The number of anilines is 1. The Labute approximate surface area is 137 Å². The number of nitrogens with two attached hydrogens (primary N) is 1. The molecule has 0 unspecified atom stereocenters. The lowest BCUT2D eigenvalue weighted by molar-refractivity contribution is 0.404. The molecule has 7 heteroatoms. The maximum Gasteiger partial charge on any atom is 0.229 e. The average molecular weight is 329 g/mol. The van der Waals surface area contributed by atoms with E-state index >= 15 is 0 Å². The summed E-state index contributed by atoms with van der Waals surface area (Å²) in [7, 11) is 0. The molecule has 6 nitrogen and oxygen atoms in total. The molecular formula is C16H13ClN4O2. The van der Waals surface area contributed by atoms with Crippen molar-refractivity contribution in [3.05, 3.63) is 59.6 Å². The number of para-hydroxylation sites is 1. The van der Waals surface area contributed by atoms with E-state index in [1.54, 1.807) is 48.5 Å². The van der Waals surface area contributed by atoms with Gasteiger partial charge >= 0.3 is 0 Å². The first-order valence-corrected chi connectivity index (χ1v) is 7.10. The van der Waals surface area contributed by atoms with Crippen LogP contribution in [0.2, 0.25) is 5.02 Å². The van der Waals surface area contributed by atoms with E-state index in [1.807, 2.05) is 6.07 Å². The van der Waals surface area contributed by atoms with Crippen LogP contribution in [-0.4, -0.2) is 14.8 Å². The fraction of sp³-hybridized carbons (Fsp3) is 0. The Morgan fingerprint density at radius 2 is 1.65 bits per heavy atom. The molecule has 23 heavy (non-hydrogen) atoms. The van der Waals surface area contributed by atoms with Gasteiger partial charge in [-0.1, -0.05) is 35.9 Å². The van der Waals surface area contributed by atoms with Gasteiger partial charge in [0.05, 0.1) is 11.4 Å². The van der Waals surface area contributed by atoms with E-state index in [0.717, 1.165) is 0 Å². The van der Waals surface area contributed by atoms with E-state index in [2.05, 4.69) is 10.2 Å². The van der Waals surface area contributed by atoms with Crippen LogP contribution in [0.25, 0.3) is 5.69 Å². The number of hydrogen-bond donors (Lipinski definition) is 3. The van der Waals surface area contributed by atoms with Crippen molar-refractivity contribution in [1.82, 2.24) is 4.57 Å². The minimum absolute atomic E-state index is 0.00803. The van der Waals surface area contributed by atoms with Gasteiger partial charge < -0.3 is 15.9 Å². The van der Waals surface area contributed by atoms with E-state index in [0.29, 0.717) is 16.4 Å². The third kappa shape index (κ3) is 2.84. The summed E-state index contributed by atoms with van der Waals surface area (Å²) in [5, 5.41) is 28.9. The van der Waals surface area contributed by atoms with Gasteiger partial charge in [0.15, 0.2) is 5.69 Å². The van der Waals surface area contributed by atoms with E-state index in [-0.39, 0.29) is 23.1 Å². The molecule has 116 valence electrons. The number of aromatic hydroxyl groups is 2. The van der Waals surface area contributed by atoms with Crippen molar-refractivity contribution >= 4 is 28.7 Å². The number of nitrogens with zero attached hydrogens (tertiary/aromatic N) is 3. The first-order valence-electron chi connectivity index (χ1n) is 6.72. The zero-order valence-corrected chi connectivity index (χ0v) is 12.6. The molecule has 0 saturated heterocycles. The molecule has 0 aliphatic carbocycles. The van der Waals surface area contributed by atoms with Crippen molar-refractivity contribution in [2.75, 3.05) is 5.73 Å². The molecule has 4 N–H and O–H groups in total. The second-order valence-corrected chi connectivity index (χ2v) is 5.20. The van der Waals surface area contributed by atoms with E-state index in [1.165, 1.54) is 4.57 Å². The molecule has 1 aromatic heterocycles. The highest BCUT2D eigenvalue weighted by molar-refractivity contribution is 6.30. The second kappa shape index (κ2) is 6.02. The average Bonchev–Trinajstić information content (AvgIpc) is 2.76. The zero-order chi connectivity index (χ0) is 16.4. The third-order valence-corrected chi connectivity index (χ3v) is 3.45. The fourth-order valence-electron chi connectivity index (χ4n) is 2.12. The van der Waals surface area contributed by atoms with Gasteiger partial charge in [0.1, 0.15) is 5.69 Å². The molecule has 2 aromatic carbocycles. The Balaban J connectivity index is 2.04. The van der Waals surface area contributed by atoms with Crippen LogP contribution in [0.5, 0.6) is 11.8 Å². The molecule has 0 spiro atoms. The maximum atomic E-state index is 10.3. The van der Waals surface area contributed by atoms with Crippen LogP contribution >= 0.6 is 11.6 Å². The SMILES string of the molecule is Nc1c(N=Nc2cccc(Cl)c2)c(O)n(-c2ccccc2)c1O. The topological polar surface area (TPSA) is 96.1 Å². The third-order valence-electron chi connectivity index (χ3n) is 3.22. The van der Waals surface area contributed by atoms with Gasteiger partial charge in [0, 0.05) is 5.02 Å². The molecule has 0 fully saturated rings. The van der Waals surface area contributed by atoms with Crippen LogP contribution in [0, 0.1) is 0 Å². The lowest BCUT2D eigenvalue weighted by Gasteiger charge is -2.05. The summed E-state index contributed by atoms with van der Waals surface area (Å²) in [5.74, 6) is -0.592. The van der Waals surface area contributed by atoms with Gasteiger partial charge in [0.2, 0.25) is 11.8 Å². The Morgan fingerprint density at radius 1 is 0.913 bits per heavy atom. The van der Waals surface area contributed by atoms with Gasteiger partial charge in [0.25, 0.3) is 0 Å². The molecule has 3 rings (SSSR count). The van der Waals surface area contributed by atoms with E-state index in [9.17, 15) is 10.2 Å². The zero-order valence-electron chi connectivity index (χ0n) is 11.9. The summed E-state index contributed by atoms with van der Waals surface area (Å²) in [6, 6.07) is 15.6. The Kier molecular flexibility index (Phi) is 3.91. The van der Waals surface area contributed by atoms with Crippen LogP contribution in [0.3, 0.4) is 0 Å². The molecule has 0 atom stereocenters. The molecule has 0 saturated carbocycles. The minimum Gasteiger partial charge on any atom is -0.493 e.